The van der Waals surface area contributed by atoms with Crippen LogP contribution in [0.2, 0.25) is 0 Å². The zero-order chi connectivity index (χ0) is 25.3. The van der Waals surface area contributed by atoms with E-state index in [2.05, 4.69) is 54.9 Å². The van der Waals surface area contributed by atoms with E-state index in [4.69, 9.17) is 0 Å². The number of carbonyl (C=O) groups is 3. The number of amides is 4. The lowest BCUT2D eigenvalue weighted by atomic mass is 9.98. The molecule has 0 spiro atoms. The first kappa shape index (κ1) is 24.2. The maximum absolute atomic E-state index is 13.3. The molecule has 1 saturated heterocycles. The molecule has 1 aliphatic rings. The van der Waals surface area contributed by atoms with Crippen LogP contribution in [-0.2, 0) is 16.0 Å². The molecule has 0 unspecified atom stereocenters. The molecule has 6 nitrogen and oxygen atoms in total. The largest absolute Gasteiger partial charge is 0.335 e. The molecule has 4 amide bonds. The Morgan fingerprint density at radius 3 is 2.14 bits per heavy atom. The van der Waals surface area contributed by atoms with Gasteiger partial charge in [0.2, 0.25) is 0 Å². The van der Waals surface area contributed by atoms with Gasteiger partial charge in [-0.1, -0.05) is 45.0 Å². The van der Waals surface area contributed by atoms with Gasteiger partial charge in [0.25, 0.3) is 11.8 Å². The number of anilines is 1. The third-order valence-electron chi connectivity index (χ3n) is 6.81. The second kappa shape index (κ2) is 9.74. The van der Waals surface area contributed by atoms with Gasteiger partial charge < -0.3 is 4.57 Å². The zero-order valence-electron chi connectivity index (χ0n) is 20.9. The predicted octanol–water partition coefficient (Wildman–Crippen LogP) is 5.84. The summed E-state index contributed by atoms with van der Waals surface area (Å²) in [6.45, 7) is 10.3. The molecule has 1 fully saturated rings. The standard InChI is InChI=1S/C29H31N3O3/c1-6-18(3)22-10-14-25(15-11-22)32-28(34)26(27(33)30-29(32)35)17-23-16-19(4)31(20(23)5)24-12-8-21(7-2)9-13-24/h8-18H,6-7H2,1-5H3,(H,30,33,35)/b26-17-/t18-/m0/s1. The van der Waals surface area contributed by atoms with Crippen molar-refractivity contribution < 1.29 is 14.4 Å². The lowest BCUT2D eigenvalue weighted by Crippen LogP contribution is -2.54. The molecule has 3 aromatic rings. The highest BCUT2D eigenvalue weighted by Gasteiger charge is 2.37. The minimum Gasteiger partial charge on any atom is -0.318 e. The number of aryl methyl sites for hydroxylation is 2. The Morgan fingerprint density at radius 1 is 0.914 bits per heavy atom. The number of nitrogens with zero attached hydrogens (tertiary/aromatic N) is 2. The van der Waals surface area contributed by atoms with Crippen molar-refractivity contribution in [3.63, 3.8) is 0 Å². The van der Waals surface area contributed by atoms with Gasteiger partial charge in [-0.15, -0.1) is 0 Å². The number of hydrogen-bond donors (Lipinski definition) is 1. The molecule has 0 aliphatic carbocycles. The van der Waals surface area contributed by atoms with Crippen molar-refractivity contribution in [3.8, 4) is 5.69 Å². The van der Waals surface area contributed by atoms with Crippen LogP contribution < -0.4 is 10.2 Å². The molecule has 0 radical (unpaired) electrons. The lowest BCUT2D eigenvalue weighted by molar-refractivity contribution is -0.122. The maximum atomic E-state index is 13.3. The van der Waals surface area contributed by atoms with Crippen LogP contribution in [0, 0.1) is 13.8 Å². The summed E-state index contributed by atoms with van der Waals surface area (Å²) in [4.78, 5) is 39.6. The van der Waals surface area contributed by atoms with Gasteiger partial charge in [0.05, 0.1) is 5.69 Å². The molecule has 35 heavy (non-hydrogen) atoms. The number of benzene rings is 2. The van der Waals surface area contributed by atoms with Crippen molar-refractivity contribution in [3.05, 3.63) is 88.2 Å². The van der Waals surface area contributed by atoms with Crippen molar-refractivity contribution in [2.45, 2.75) is 53.4 Å². The minimum absolute atomic E-state index is 0.0721. The third-order valence-corrected chi connectivity index (χ3v) is 6.81. The van der Waals surface area contributed by atoms with E-state index in [1.165, 1.54) is 5.56 Å². The Hall–Kier alpha value is -3.93. The number of nitrogens with one attached hydrogen (secondary N) is 1. The second-order valence-corrected chi connectivity index (χ2v) is 9.04. The smallest absolute Gasteiger partial charge is 0.318 e. The number of barbiturate groups is 1. The van der Waals surface area contributed by atoms with Gasteiger partial charge in [-0.2, -0.15) is 0 Å². The van der Waals surface area contributed by atoms with Gasteiger partial charge in [-0.05, 0) is 85.7 Å². The highest BCUT2D eigenvalue weighted by Crippen LogP contribution is 2.28. The zero-order valence-corrected chi connectivity index (χ0v) is 20.9. The number of hydrogen-bond acceptors (Lipinski definition) is 3. The summed E-state index contributed by atoms with van der Waals surface area (Å²) in [6, 6.07) is 16.9. The molecule has 4 rings (SSSR count). The molecule has 2 heterocycles. The van der Waals surface area contributed by atoms with Crippen molar-refractivity contribution in [1.29, 1.82) is 0 Å². The molecule has 1 atom stereocenters. The van der Waals surface area contributed by atoms with Crippen LogP contribution in [-0.4, -0.2) is 22.4 Å². The van der Waals surface area contributed by atoms with Crippen LogP contribution in [0.25, 0.3) is 11.8 Å². The molecule has 2 aromatic carbocycles. The molecular weight excluding hydrogens is 438 g/mol. The van der Waals surface area contributed by atoms with E-state index < -0.39 is 17.8 Å². The second-order valence-electron chi connectivity index (χ2n) is 9.04. The highest BCUT2D eigenvalue weighted by molar-refractivity contribution is 6.39. The fraction of sp³-hybridized carbons (Fsp3) is 0.276. The molecule has 6 heteroatoms. The number of carbonyl (C=O) groups excluding carboxylic acids is 3. The van der Waals surface area contributed by atoms with Gasteiger partial charge in [0.15, 0.2) is 0 Å². The third kappa shape index (κ3) is 4.56. The van der Waals surface area contributed by atoms with Crippen molar-refractivity contribution in [1.82, 2.24) is 9.88 Å². The number of imide groups is 2. The van der Waals surface area contributed by atoms with Crippen molar-refractivity contribution >= 4 is 29.6 Å². The SMILES string of the molecule is CCc1ccc(-n2c(C)cc(/C=C3/C(=O)NC(=O)N(c4ccc([C@@H](C)CC)cc4)C3=O)c2C)cc1. The monoisotopic (exact) mass is 469 g/mol. The average molecular weight is 470 g/mol. The Labute approximate surface area is 206 Å². The molecular formula is C29H31N3O3. The van der Waals surface area contributed by atoms with Crippen LogP contribution in [0.4, 0.5) is 10.5 Å². The van der Waals surface area contributed by atoms with Crippen molar-refractivity contribution in [2.24, 2.45) is 0 Å². The first-order chi connectivity index (χ1) is 16.7. The Morgan fingerprint density at radius 2 is 1.54 bits per heavy atom. The minimum atomic E-state index is -0.741. The van der Waals surface area contributed by atoms with E-state index >= 15 is 0 Å². The average Bonchev–Trinajstić information content (AvgIpc) is 3.14. The lowest BCUT2D eigenvalue weighted by Gasteiger charge is -2.26. The van der Waals surface area contributed by atoms with E-state index in [0.29, 0.717) is 11.6 Å². The first-order valence-corrected chi connectivity index (χ1v) is 12.0. The van der Waals surface area contributed by atoms with E-state index in [1.807, 2.05) is 32.0 Å². The fourth-order valence-electron chi connectivity index (χ4n) is 4.45. The molecule has 180 valence electrons. The van der Waals surface area contributed by atoms with Crippen LogP contribution >= 0.6 is 0 Å². The van der Waals surface area contributed by atoms with E-state index in [1.54, 1.807) is 18.2 Å². The topological polar surface area (TPSA) is 71.4 Å². The van der Waals surface area contributed by atoms with E-state index in [0.717, 1.165) is 45.9 Å². The normalized spacial score (nSPS) is 16.1. The Bertz CT molecular complexity index is 1310. The molecule has 0 saturated carbocycles. The van der Waals surface area contributed by atoms with Crippen LogP contribution in [0.1, 0.15) is 61.2 Å². The van der Waals surface area contributed by atoms with Crippen LogP contribution in [0.15, 0.2) is 60.2 Å². The summed E-state index contributed by atoms with van der Waals surface area (Å²) in [5.74, 6) is -0.947. The Balaban J connectivity index is 1.69. The molecule has 1 N–H and O–H groups in total. The van der Waals surface area contributed by atoms with Gasteiger partial charge in [0.1, 0.15) is 5.57 Å². The van der Waals surface area contributed by atoms with Gasteiger partial charge in [0, 0.05) is 17.1 Å². The van der Waals surface area contributed by atoms with Crippen LogP contribution in [0.5, 0.6) is 0 Å². The predicted molar refractivity (Wildman–Crippen MR) is 139 cm³/mol. The molecule has 0 bridgehead atoms. The fourth-order valence-corrected chi connectivity index (χ4v) is 4.45. The first-order valence-electron chi connectivity index (χ1n) is 12.0. The highest BCUT2D eigenvalue weighted by atomic mass is 16.2. The van der Waals surface area contributed by atoms with Gasteiger partial charge >= 0.3 is 6.03 Å². The van der Waals surface area contributed by atoms with E-state index in [9.17, 15) is 14.4 Å². The molecule has 1 aliphatic heterocycles. The summed E-state index contributed by atoms with van der Waals surface area (Å²) in [6.07, 6.45) is 3.53. The summed E-state index contributed by atoms with van der Waals surface area (Å²) >= 11 is 0. The number of rotatable bonds is 6. The van der Waals surface area contributed by atoms with Crippen LogP contribution in [0.3, 0.4) is 0 Å². The summed E-state index contributed by atoms with van der Waals surface area (Å²) in [5.41, 5.74) is 6.40. The van der Waals surface area contributed by atoms with Crippen molar-refractivity contribution in [2.75, 3.05) is 4.90 Å². The summed E-state index contributed by atoms with van der Waals surface area (Å²) in [5, 5.41) is 2.31. The summed E-state index contributed by atoms with van der Waals surface area (Å²) in [7, 11) is 0. The molecule has 1 aromatic heterocycles. The van der Waals surface area contributed by atoms with Gasteiger partial charge in [-0.25, -0.2) is 9.69 Å². The van der Waals surface area contributed by atoms with E-state index in [-0.39, 0.29) is 5.57 Å². The maximum Gasteiger partial charge on any atom is 0.335 e. The number of aromatic nitrogens is 1. The van der Waals surface area contributed by atoms with Gasteiger partial charge in [-0.3, -0.25) is 14.9 Å². The quantitative estimate of drug-likeness (QED) is 0.364. The number of urea groups is 1. The summed E-state index contributed by atoms with van der Waals surface area (Å²) < 4.78 is 2.09. The Kier molecular flexibility index (Phi) is 6.74.